The highest BCUT2D eigenvalue weighted by Gasteiger charge is 2.01. The lowest BCUT2D eigenvalue weighted by atomic mass is 10.0. The summed E-state index contributed by atoms with van der Waals surface area (Å²) < 4.78 is 0. The lowest BCUT2D eigenvalue weighted by Gasteiger charge is -2.01. The highest BCUT2D eigenvalue weighted by molar-refractivity contribution is 5.93. The Morgan fingerprint density at radius 3 is 2.07 bits per heavy atom. The lowest BCUT2D eigenvalue weighted by Crippen LogP contribution is -1.96. The number of hydrogen-bond acceptors (Lipinski definition) is 1. The zero-order valence-corrected chi connectivity index (χ0v) is 9.54. The molecule has 0 fully saturated rings. The van der Waals surface area contributed by atoms with E-state index >= 15 is 0 Å². The second-order valence-corrected chi connectivity index (χ2v) is 3.92. The fourth-order valence-corrected chi connectivity index (χ4v) is 1.68. The summed E-state index contributed by atoms with van der Waals surface area (Å²) in [6.45, 7) is 1.66. The first kappa shape index (κ1) is 12.0. The van der Waals surface area contributed by atoms with Gasteiger partial charge in [-0.1, -0.05) is 30.4 Å². The van der Waals surface area contributed by atoms with E-state index in [0.29, 0.717) is 0 Å². The predicted molar refractivity (Wildman–Crippen MR) is 64.7 cm³/mol. The molecule has 0 aromatic rings. The summed E-state index contributed by atoms with van der Waals surface area (Å²) >= 11 is 0. The van der Waals surface area contributed by atoms with Crippen molar-refractivity contribution in [1.82, 2.24) is 0 Å². The Labute approximate surface area is 92.6 Å². The van der Waals surface area contributed by atoms with Gasteiger partial charge in [-0.05, 0) is 51.0 Å². The van der Waals surface area contributed by atoms with Gasteiger partial charge in [0, 0.05) is 0 Å². The smallest absolute Gasteiger partial charge is 0.155 e. The van der Waals surface area contributed by atoms with E-state index < -0.39 is 0 Å². The molecule has 0 bridgehead atoms. The Balaban J connectivity index is 2.59. The highest BCUT2D eigenvalue weighted by Crippen LogP contribution is 2.11. The van der Waals surface area contributed by atoms with Gasteiger partial charge in [-0.3, -0.25) is 4.79 Å². The van der Waals surface area contributed by atoms with Crippen molar-refractivity contribution >= 4 is 5.78 Å². The number of carbonyl (C=O) groups excluding carboxylic acids is 1. The van der Waals surface area contributed by atoms with Crippen molar-refractivity contribution in [2.45, 2.75) is 45.4 Å². The van der Waals surface area contributed by atoms with Crippen LogP contribution in [0.2, 0.25) is 0 Å². The Morgan fingerprint density at radius 2 is 1.47 bits per heavy atom. The molecule has 0 aromatic carbocycles. The molecule has 0 aliphatic heterocycles. The van der Waals surface area contributed by atoms with E-state index in [4.69, 9.17) is 0 Å². The molecule has 0 amide bonds. The van der Waals surface area contributed by atoms with Crippen LogP contribution in [0.1, 0.15) is 45.4 Å². The average Bonchev–Trinajstić information content (AvgIpc) is 2.18. The molecule has 0 heterocycles. The molecule has 0 spiro atoms. The third kappa shape index (κ3) is 5.36. The first-order valence-electron chi connectivity index (χ1n) is 5.80. The van der Waals surface area contributed by atoms with Crippen LogP contribution >= 0.6 is 0 Å². The van der Waals surface area contributed by atoms with Gasteiger partial charge in [0.1, 0.15) is 0 Å². The summed E-state index contributed by atoms with van der Waals surface area (Å²) in [5.74, 6) is 0.226. The van der Waals surface area contributed by atoms with Gasteiger partial charge in [0.2, 0.25) is 0 Å². The summed E-state index contributed by atoms with van der Waals surface area (Å²) in [4.78, 5) is 11.3. The molecule has 1 heteroatoms. The topological polar surface area (TPSA) is 17.1 Å². The summed E-state index contributed by atoms with van der Waals surface area (Å²) in [5.41, 5.74) is 0.994. The second-order valence-electron chi connectivity index (χ2n) is 3.92. The highest BCUT2D eigenvalue weighted by atomic mass is 16.1. The van der Waals surface area contributed by atoms with Crippen LogP contribution in [0.3, 0.4) is 0 Å². The van der Waals surface area contributed by atoms with Crippen LogP contribution in [-0.4, -0.2) is 5.78 Å². The molecular weight excluding hydrogens is 184 g/mol. The molecule has 0 unspecified atom stereocenters. The van der Waals surface area contributed by atoms with Gasteiger partial charge in [0.25, 0.3) is 0 Å². The average molecular weight is 204 g/mol. The molecule has 1 aliphatic rings. The number of hydrogen-bond donors (Lipinski definition) is 0. The van der Waals surface area contributed by atoms with Gasteiger partial charge in [-0.25, -0.2) is 0 Å². The van der Waals surface area contributed by atoms with Crippen molar-refractivity contribution in [1.29, 1.82) is 0 Å². The summed E-state index contributed by atoms with van der Waals surface area (Å²) in [5, 5.41) is 0. The molecule has 1 rings (SSSR count). The number of ketones is 1. The van der Waals surface area contributed by atoms with Crippen LogP contribution < -0.4 is 0 Å². The fourth-order valence-electron chi connectivity index (χ4n) is 1.68. The van der Waals surface area contributed by atoms with Crippen LogP contribution in [0, 0.1) is 0 Å². The summed E-state index contributed by atoms with van der Waals surface area (Å²) in [7, 11) is 0. The molecule has 15 heavy (non-hydrogen) atoms. The van der Waals surface area contributed by atoms with E-state index in [0.717, 1.165) is 44.1 Å². The van der Waals surface area contributed by atoms with Gasteiger partial charge >= 0.3 is 0 Å². The number of carbonyl (C=O) groups is 1. The van der Waals surface area contributed by atoms with Crippen molar-refractivity contribution in [2.75, 3.05) is 0 Å². The number of Topliss-reactive ketones (excluding diaryl/α,β-unsaturated/α-hetero) is 1. The van der Waals surface area contributed by atoms with Gasteiger partial charge in [0.05, 0.1) is 0 Å². The lowest BCUT2D eigenvalue weighted by molar-refractivity contribution is -0.113. The molecule has 0 radical (unpaired) electrons. The maximum absolute atomic E-state index is 11.3. The van der Waals surface area contributed by atoms with Crippen LogP contribution in [0.15, 0.2) is 36.0 Å². The second kappa shape index (κ2) is 7.22. The maximum Gasteiger partial charge on any atom is 0.155 e. The molecule has 0 aromatic heterocycles. The Bertz CT molecular complexity index is 282. The van der Waals surface area contributed by atoms with Gasteiger partial charge in [-0.15, -0.1) is 0 Å². The van der Waals surface area contributed by atoms with Crippen LogP contribution in [-0.2, 0) is 4.79 Å². The first-order valence-corrected chi connectivity index (χ1v) is 5.80. The zero-order valence-electron chi connectivity index (χ0n) is 9.54. The minimum Gasteiger partial charge on any atom is -0.295 e. The Morgan fingerprint density at radius 1 is 0.933 bits per heavy atom. The SMILES string of the molecule is CC(=O)C1=CCCC=CCCC=CCC1. The minimum absolute atomic E-state index is 0.226. The van der Waals surface area contributed by atoms with E-state index in [2.05, 4.69) is 30.4 Å². The van der Waals surface area contributed by atoms with E-state index in [1.807, 2.05) is 0 Å². The van der Waals surface area contributed by atoms with Gasteiger partial charge in [-0.2, -0.15) is 0 Å². The van der Waals surface area contributed by atoms with Crippen molar-refractivity contribution in [3.05, 3.63) is 36.0 Å². The summed E-state index contributed by atoms with van der Waals surface area (Å²) in [6, 6.07) is 0. The van der Waals surface area contributed by atoms with E-state index in [9.17, 15) is 4.79 Å². The Kier molecular flexibility index (Phi) is 5.76. The number of allylic oxidation sites excluding steroid dienone is 6. The number of rotatable bonds is 1. The van der Waals surface area contributed by atoms with Crippen LogP contribution in [0.25, 0.3) is 0 Å². The molecule has 0 saturated carbocycles. The molecule has 82 valence electrons. The molecule has 1 aliphatic carbocycles. The van der Waals surface area contributed by atoms with E-state index in [1.54, 1.807) is 6.92 Å². The summed E-state index contributed by atoms with van der Waals surface area (Å²) in [6.07, 6.45) is 17.1. The fraction of sp³-hybridized carbons (Fsp3) is 0.500. The predicted octanol–water partition coefficient (Wildman–Crippen LogP) is 3.97. The molecule has 1 nitrogen and oxygen atoms in total. The van der Waals surface area contributed by atoms with E-state index in [-0.39, 0.29) is 5.78 Å². The third-order valence-corrected chi connectivity index (χ3v) is 2.59. The molecule has 0 saturated heterocycles. The third-order valence-electron chi connectivity index (χ3n) is 2.59. The zero-order chi connectivity index (χ0) is 10.9. The quantitative estimate of drug-likeness (QED) is 0.591. The monoisotopic (exact) mass is 204 g/mol. The largest absolute Gasteiger partial charge is 0.295 e. The van der Waals surface area contributed by atoms with Gasteiger partial charge in [0.15, 0.2) is 5.78 Å². The minimum atomic E-state index is 0.226. The van der Waals surface area contributed by atoms with Crippen LogP contribution in [0.4, 0.5) is 0 Å². The normalized spacial score (nSPS) is 18.9. The van der Waals surface area contributed by atoms with Crippen molar-refractivity contribution in [2.24, 2.45) is 0 Å². The molecule has 0 atom stereocenters. The first-order chi connectivity index (χ1) is 7.30. The van der Waals surface area contributed by atoms with Crippen molar-refractivity contribution < 1.29 is 4.79 Å². The van der Waals surface area contributed by atoms with Crippen LogP contribution in [0.5, 0.6) is 0 Å². The Hall–Kier alpha value is -1.11. The van der Waals surface area contributed by atoms with Crippen molar-refractivity contribution in [3.8, 4) is 0 Å². The van der Waals surface area contributed by atoms with Crippen molar-refractivity contribution in [3.63, 3.8) is 0 Å². The van der Waals surface area contributed by atoms with E-state index in [1.165, 1.54) is 0 Å². The standard InChI is InChI=1S/C14H20O/c1-13(15)14-11-9-7-5-3-2-4-6-8-10-12-14/h3,5-6,8,11H,2,4,7,9-10,12H2,1H3. The maximum atomic E-state index is 11.3. The van der Waals surface area contributed by atoms with Gasteiger partial charge < -0.3 is 0 Å². The molecule has 0 N–H and O–H groups in total. The molecular formula is C14H20O.